The van der Waals surface area contributed by atoms with Crippen molar-refractivity contribution < 1.29 is 45.2 Å². The molecule has 2 fully saturated rings. The minimum Gasteiger partial charge on any atom is -0.394 e. The van der Waals surface area contributed by atoms with Gasteiger partial charge in [0, 0.05) is 0 Å². The Morgan fingerprint density at radius 2 is 1.56 bits per heavy atom. The second kappa shape index (κ2) is 7.70. The monoisotopic (exact) mass is 385 g/mol. The molecule has 0 amide bonds. The van der Waals surface area contributed by atoms with E-state index < -0.39 is 67.1 Å². The molecule has 0 bridgehead atoms. The Morgan fingerprint density at radius 3 is 2.15 bits per heavy atom. The summed E-state index contributed by atoms with van der Waals surface area (Å²) in [6.07, 6.45) is -13.4. The van der Waals surface area contributed by atoms with Crippen molar-refractivity contribution in [1.29, 1.82) is 0 Å². The molecular weight excluding hydrogens is 360 g/mol. The van der Waals surface area contributed by atoms with Crippen LogP contribution >= 0.6 is 0 Å². The lowest BCUT2D eigenvalue weighted by molar-refractivity contribution is -0.345. The summed E-state index contributed by atoms with van der Waals surface area (Å²) in [6, 6.07) is 8.86. The molecule has 1 aromatic rings. The van der Waals surface area contributed by atoms with Crippen LogP contribution in [0.3, 0.4) is 0 Å². The first-order chi connectivity index (χ1) is 12.8. The van der Waals surface area contributed by atoms with E-state index in [1.807, 2.05) is 0 Å². The predicted octanol–water partition coefficient (Wildman–Crippen LogP) is -2.97. The smallest absolute Gasteiger partial charge is 0.151 e. The van der Waals surface area contributed by atoms with Crippen molar-refractivity contribution in [3.8, 4) is 0 Å². The van der Waals surface area contributed by atoms with Crippen LogP contribution < -0.4 is 0 Å². The summed E-state index contributed by atoms with van der Waals surface area (Å²) in [5, 5.41) is 71.7. The quantitative estimate of drug-likeness (QED) is 0.288. The van der Waals surface area contributed by atoms with Crippen LogP contribution in [0, 0.1) is 6.07 Å². The minimum absolute atomic E-state index is 0.276. The first-order valence-corrected chi connectivity index (χ1v) is 8.74. The molecule has 9 heteroatoms. The van der Waals surface area contributed by atoms with Gasteiger partial charge in [-0.15, -0.1) is 0 Å². The van der Waals surface area contributed by atoms with Crippen LogP contribution in [0.5, 0.6) is 0 Å². The number of aliphatic hydroxyl groups is 7. The molecule has 0 spiro atoms. The largest absolute Gasteiger partial charge is 0.394 e. The van der Waals surface area contributed by atoms with E-state index in [4.69, 9.17) is 9.47 Å². The molecule has 27 heavy (non-hydrogen) atoms. The van der Waals surface area contributed by atoms with Gasteiger partial charge in [-0.3, -0.25) is 0 Å². The molecule has 9 nitrogen and oxygen atoms in total. The predicted molar refractivity (Wildman–Crippen MR) is 89.3 cm³/mol. The summed E-state index contributed by atoms with van der Waals surface area (Å²) < 4.78 is 11.5. The molecule has 2 unspecified atom stereocenters. The molecule has 0 aromatic heterocycles. The van der Waals surface area contributed by atoms with Gasteiger partial charge in [0.2, 0.25) is 0 Å². The molecule has 2 saturated heterocycles. The van der Waals surface area contributed by atoms with Crippen LogP contribution in [0.15, 0.2) is 24.3 Å². The first-order valence-electron chi connectivity index (χ1n) is 8.74. The number of benzene rings is 1. The van der Waals surface area contributed by atoms with Crippen LogP contribution in [0.25, 0.3) is 0 Å². The number of hydrogen-bond donors (Lipinski definition) is 7. The Labute approximate surface area is 156 Å². The fraction of sp³-hybridized carbons (Fsp3) is 0.667. The fourth-order valence-electron chi connectivity index (χ4n) is 3.89. The number of ether oxygens (including phenoxy) is 2. The Morgan fingerprint density at radius 1 is 0.926 bits per heavy atom. The summed E-state index contributed by atoms with van der Waals surface area (Å²) in [5.41, 5.74) is -1.66. The summed E-state index contributed by atoms with van der Waals surface area (Å²) >= 11 is 0. The van der Waals surface area contributed by atoms with Crippen LogP contribution in [-0.4, -0.2) is 97.3 Å². The van der Waals surface area contributed by atoms with Crippen molar-refractivity contribution in [3.05, 3.63) is 35.9 Å². The van der Waals surface area contributed by atoms with Gasteiger partial charge in [0.15, 0.2) is 5.60 Å². The standard InChI is InChI=1S/C18H25O9/c1-8-11(20)13(22)15(24)17(26-8)18(9-5-3-2-4-6-9)16(25)14(23)12(21)10(7-19)27-18/h3-6,8,10-17,19-25H,7H2,1H3/t8-,10-,11-,12+,13+,14+,15+,16-,17?,18?/m1/s1. The lowest BCUT2D eigenvalue weighted by Crippen LogP contribution is -2.72. The van der Waals surface area contributed by atoms with Crippen molar-refractivity contribution in [2.75, 3.05) is 6.61 Å². The van der Waals surface area contributed by atoms with E-state index in [1.165, 1.54) is 31.2 Å². The average Bonchev–Trinajstić information content (AvgIpc) is 2.69. The molecule has 2 aliphatic rings. The molecule has 0 saturated carbocycles. The zero-order valence-electron chi connectivity index (χ0n) is 14.7. The second-order valence-electron chi connectivity index (χ2n) is 7.08. The molecule has 0 aliphatic carbocycles. The third-order valence-corrected chi connectivity index (χ3v) is 5.46. The van der Waals surface area contributed by atoms with Crippen molar-refractivity contribution >= 4 is 0 Å². The Bertz CT molecular complexity index is 627. The van der Waals surface area contributed by atoms with Gasteiger partial charge < -0.3 is 45.2 Å². The van der Waals surface area contributed by atoms with Crippen LogP contribution in [0.2, 0.25) is 0 Å². The highest BCUT2D eigenvalue weighted by atomic mass is 16.6. The molecule has 151 valence electrons. The van der Waals surface area contributed by atoms with Gasteiger partial charge in [0.1, 0.15) is 48.8 Å². The van der Waals surface area contributed by atoms with Gasteiger partial charge in [-0.25, -0.2) is 0 Å². The van der Waals surface area contributed by atoms with Gasteiger partial charge in [-0.1, -0.05) is 24.3 Å². The molecule has 2 aliphatic heterocycles. The third-order valence-electron chi connectivity index (χ3n) is 5.46. The van der Waals surface area contributed by atoms with Crippen molar-refractivity contribution in [1.82, 2.24) is 0 Å². The summed E-state index contributed by atoms with van der Waals surface area (Å²) in [4.78, 5) is 0. The van der Waals surface area contributed by atoms with Crippen LogP contribution in [0.1, 0.15) is 12.5 Å². The lowest BCUT2D eigenvalue weighted by atomic mass is 9.72. The molecular formula is C18H25O9. The summed E-state index contributed by atoms with van der Waals surface area (Å²) in [5.74, 6) is 0. The van der Waals surface area contributed by atoms with Gasteiger partial charge in [0.25, 0.3) is 0 Å². The summed E-state index contributed by atoms with van der Waals surface area (Å²) in [7, 11) is 0. The van der Waals surface area contributed by atoms with E-state index in [1.54, 1.807) is 0 Å². The Balaban J connectivity index is 2.14. The topological polar surface area (TPSA) is 160 Å². The maximum atomic E-state index is 10.9. The molecule has 3 rings (SSSR count). The fourth-order valence-corrected chi connectivity index (χ4v) is 3.89. The highest BCUT2D eigenvalue weighted by molar-refractivity contribution is 5.29. The third kappa shape index (κ3) is 3.19. The van der Waals surface area contributed by atoms with E-state index in [0.29, 0.717) is 0 Å². The molecule has 10 atom stereocenters. The van der Waals surface area contributed by atoms with E-state index in [-0.39, 0.29) is 5.56 Å². The van der Waals surface area contributed by atoms with Gasteiger partial charge in [0.05, 0.1) is 12.7 Å². The molecule has 2 heterocycles. The maximum Gasteiger partial charge on any atom is 0.151 e. The Kier molecular flexibility index (Phi) is 5.88. The average molecular weight is 385 g/mol. The number of rotatable bonds is 3. The molecule has 1 aromatic carbocycles. The van der Waals surface area contributed by atoms with Crippen LogP contribution in [-0.2, 0) is 15.1 Å². The van der Waals surface area contributed by atoms with E-state index in [0.717, 1.165) is 0 Å². The van der Waals surface area contributed by atoms with Gasteiger partial charge in [-0.05, 0) is 18.6 Å². The summed E-state index contributed by atoms with van der Waals surface area (Å²) in [6.45, 7) is 0.804. The molecule has 7 N–H and O–H groups in total. The van der Waals surface area contributed by atoms with Gasteiger partial charge >= 0.3 is 0 Å². The second-order valence-corrected chi connectivity index (χ2v) is 7.08. The SMILES string of the molecule is C[C@H]1OC(C2(c3cc[c]cc3)O[C@H](CO)[C@H](O)[C@H](O)[C@H]2O)[C@@H](O)[C@@H](O)[C@@H]1O. The lowest BCUT2D eigenvalue weighted by Gasteiger charge is -2.55. The first kappa shape index (κ1) is 20.6. The van der Waals surface area contributed by atoms with Crippen LogP contribution in [0.4, 0.5) is 0 Å². The number of hydrogen-bond acceptors (Lipinski definition) is 9. The zero-order valence-corrected chi connectivity index (χ0v) is 14.7. The van der Waals surface area contributed by atoms with E-state index in [9.17, 15) is 35.7 Å². The van der Waals surface area contributed by atoms with E-state index in [2.05, 4.69) is 6.07 Å². The molecule has 1 radical (unpaired) electrons. The highest BCUT2D eigenvalue weighted by Crippen LogP contribution is 2.45. The highest BCUT2D eigenvalue weighted by Gasteiger charge is 2.63. The van der Waals surface area contributed by atoms with E-state index >= 15 is 0 Å². The zero-order chi connectivity index (χ0) is 19.9. The maximum absolute atomic E-state index is 10.9. The Hall–Kier alpha value is -1.14. The van der Waals surface area contributed by atoms with Gasteiger partial charge in [-0.2, -0.15) is 0 Å². The normalized spacial score (nSPS) is 48.4. The minimum atomic E-state index is -1.93. The van der Waals surface area contributed by atoms with Crippen molar-refractivity contribution in [3.63, 3.8) is 0 Å². The van der Waals surface area contributed by atoms with Crippen molar-refractivity contribution in [2.24, 2.45) is 0 Å². The van der Waals surface area contributed by atoms with Crippen molar-refractivity contribution in [2.45, 2.75) is 67.5 Å². The number of aliphatic hydroxyl groups excluding tert-OH is 7.